The molecule has 1 aromatic heterocycles. The van der Waals surface area contributed by atoms with Gasteiger partial charge in [-0.05, 0) is 5.56 Å². The van der Waals surface area contributed by atoms with Crippen molar-refractivity contribution >= 4 is 39.1 Å². The summed E-state index contributed by atoms with van der Waals surface area (Å²) in [4.78, 5) is 41.1. The van der Waals surface area contributed by atoms with E-state index in [-0.39, 0.29) is 18.7 Å². The highest BCUT2D eigenvalue weighted by atomic mass is 32.2. The first-order chi connectivity index (χ1) is 18.8. The van der Waals surface area contributed by atoms with E-state index >= 15 is 0 Å². The maximum absolute atomic E-state index is 13.1. The molecule has 0 radical (unpaired) electrons. The molecular formula is C27H29N7O4S. The van der Waals surface area contributed by atoms with Crippen LogP contribution in [0.15, 0.2) is 72.0 Å². The van der Waals surface area contributed by atoms with E-state index in [1.54, 1.807) is 6.07 Å². The van der Waals surface area contributed by atoms with Crippen molar-refractivity contribution in [2.45, 2.75) is 12.6 Å². The predicted molar refractivity (Wildman–Crippen MR) is 148 cm³/mol. The monoisotopic (exact) mass is 547 g/mol. The summed E-state index contributed by atoms with van der Waals surface area (Å²) in [5.74, 6) is 0.473. The van der Waals surface area contributed by atoms with E-state index in [0.717, 1.165) is 16.7 Å². The van der Waals surface area contributed by atoms with Crippen LogP contribution in [-0.4, -0.2) is 85.2 Å². The van der Waals surface area contributed by atoms with Gasteiger partial charge in [-0.3, -0.25) is 14.6 Å². The highest BCUT2D eigenvalue weighted by Crippen LogP contribution is 2.21. The SMILES string of the molecule is CS(=O)(=O)N1CCN(c2cc(NCC(=O)N[C@H]3N=C(c4ccccc4)c4ccccc4CC3=O)ncn2)CC1. The summed E-state index contributed by atoms with van der Waals surface area (Å²) in [5.41, 5.74) is 3.26. The minimum Gasteiger partial charge on any atom is -0.361 e. The second-order valence-corrected chi connectivity index (χ2v) is 11.4. The lowest BCUT2D eigenvalue weighted by Crippen LogP contribution is -2.48. The molecule has 1 atom stereocenters. The van der Waals surface area contributed by atoms with E-state index < -0.39 is 22.1 Å². The standard InChI is InChI=1S/C27H29N7O4S/c1-39(37,38)34-13-11-33(12-14-34)24-16-23(29-18-30-24)28-17-25(36)31-27-22(35)15-20-9-5-6-10-21(20)26(32-27)19-7-3-2-4-8-19/h2-10,16,18,27H,11-15,17H2,1H3,(H,31,36)(H,28,29,30)/t27-/m0/s1. The average molecular weight is 548 g/mol. The van der Waals surface area contributed by atoms with E-state index in [4.69, 9.17) is 4.99 Å². The molecule has 1 fully saturated rings. The van der Waals surface area contributed by atoms with Gasteiger partial charge in [0.15, 0.2) is 11.9 Å². The molecule has 3 aromatic rings. The first-order valence-corrected chi connectivity index (χ1v) is 14.4. The number of carbonyl (C=O) groups is 2. The van der Waals surface area contributed by atoms with Crippen LogP contribution in [0.25, 0.3) is 0 Å². The molecule has 3 heterocycles. The van der Waals surface area contributed by atoms with Crippen molar-refractivity contribution in [1.29, 1.82) is 0 Å². The quantitative estimate of drug-likeness (QED) is 0.448. The summed E-state index contributed by atoms with van der Waals surface area (Å²) in [5, 5.41) is 5.74. The molecule has 2 N–H and O–H groups in total. The van der Waals surface area contributed by atoms with Crippen LogP contribution >= 0.6 is 0 Å². The number of nitrogens with zero attached hydrogens (tertiary/aromatic N) is 5. The molecule has 1 amide bonds. The van der Waals surface area contributed by atoms with Crippen molar-refractivity contribution < 1.29 is 18.0 Å². The lowest BCUT2D eigenvalue weighted by Gasteiger charge is -2.33. The van der Waals surface area contributed by atoms with Gasteiger partial charge >= 0.3 is 0 Å². The number of ketones is 1. The summed E-state index contributed by atoms with van der Waals surface area (Å²) in [7, 11) is -3.23. The van der Waals surface area contributed by atoms with Crippen molar-refractivity contribution in [3.05, 3.63) is 83.7 Å². The summed E-state index contributed by atoms with van der Waals surface area (Å²) in [6, 6.07) is 18.9. The molecule has 11 nitrogen and oxygen atoms in total. The van der Waals surface area contributed by atoms with E-state index in [2.05, 4.69) is 20.6 Å². The van der Waals surface area contributed by atoms with Gasteiger partial charge in [0.25, 0.3) is 0 Å². The molecule has 5 rings (SSSR count). The van der Waals surface area contributed by atoms with Crippen LogP contribution in [0.5, 0.6) is 0 Å². The predicted octanol–water partition coefficient (Wildman–Crippen LogP) is 1.08. The zero-order chi connectivity index (χ0) is 27.4. The lowest BCUT2D eigenvalue weighted by molar-refractivity contribution is -0.126. The number of hydrogen-bond donors (Lipinski definition) is 2. The highest BCUT2D eigenvalue weighted by Gasteiger charge is 2.27. The number of aliphatic imine (C=N–C) groups is 1. The number of aromatic nitrogens is 2. The molecule has 202 valence electrons. The second kappa shape index (κ2) is 11.3. The molecule has 0 saturated carbocycles. The molecule has 0 unspecified atom stereocenters. The number of rotatable bonds is 7. The van der Waals surface area contributed by atoms with Gasteiger partial charge in [-0.2, -0.15) is 4.31 Å². The fraction of sp³-hybridized carbons (Fsp3) is 0.296. The van der Waals surface area contributed by atoms with Crippen LogP contribution in [0.1, 0.15) is 16.7 Å². The topological polar surface area (TPSA) is 137 Å². The van der Waals surface area contributed by atoms with Crippen LogP contribution in [0.4, 0.5) is 11.6 Å². The van der Waals surface area contributed by atoms with Gasteiger partial charge in [0.2, 0.25) is 15.9 Å². The molecule has 39 heavy (non-hydrogen) atoms. The molecule has 2 aromatic carbocycles. The van der Waals surface area contributed by atoms with Gasteiger partial charge in [0.1, 0.15) is 18.0 Å². The summed E-state index contributed by atoms with van der Waals surface area (Å²) in [6.07, 6.45) is 1.74. The Morgan fingerprint density at radius 3 is 2.46 bits per heavy atom. The summed E-state index contributed by atoms with van der Waals surface area (Å²) in [6.45, 7) is 1.62. The third-order valence-electron chi connectivity index (χ3n) is 6.66. The number of fused-ring (bicyclic) bond motifs is 1. The number of nitrogens with one attached hydrogen (secondary N) is 2. The maximum Gasteiger partial charge on any atom is 0.241 e. The van der Waals surface area contributed by atoms with Gasteiger partial charge in [-0.1, -0.05) is 54.6 Å². The van der Waals surface area contributed by atoms with E-state index in [9.17, 15) is 18.0 Å². The third kappa shape index (κ3) is 6.29. The van der Waals surface area contributed by atoms with Crippen LogP contribution in [0, 0.1) is 0 Å². The first-order valence-electron chi connectivity index (χ1n) is 12.6. The fourth-order valence-electron chi connectivity index (χ4n) is 4.64. The van der Waals surface area contributed by atoms with Crippen LogP contribution in [0.2, 0.25) is 0 Å². The van der Waals surface area contributed by atoms with Gasteiger partial charge in [0.05, 0.1) is 18.5 Å². The second-order valence-electron chi connectivity index (χ2n) is 9.38. The molecule has 2 aliphatic rings. The summed E-state index contributed by atoms with van der Waals surface area (Å²) < 4.78 is 25.0. The Morgan fingerprint density at radius 2 is 1.72 bits per heavy atom. The van der Waals surface area contributed by atoms with Gasteiger partial charge in [-0.15, -0.1) is 0 Å². The number of carbonyl (C=O) groups excluding carboxylic acids is 2. The van der Waals surface area contributed by atoms with Gasteiger partial charge in [-0.25, -0.2) is 18.4 Å². The number of benzene rings is 2. The van der Waals surface area contributed by atoms with E-state index in [1.165, 1.54) is 16.9 Å². The summed E-state index contributed by atoms with van der Waals surface area (Å²) >= 11 is 0. The highest BCUT2D eigenvalue weighted by molar-refractivity contribution is 7.88. The number of anilines is 2. The largest absolute Gasteiger partial charge is 0.361 e. The van der Waals surface area contributed by atoms with Crippen molar-refractivity contribution in [1.82, 2.24) is 19.6 Å². The number of amides is 1. The minimum atomic E-state index is -3.23. The Hall–Kier alpha value is -4.16. The molecular weight excluding hydrogens is 518 g/mol. The average Bonchev–Trinajstić information content (AvgIpc) is 3.08. The van der Waals surface area contributed by atoms with Crippen molar-refractivity contribution in [2.75, 3.05) is 49.2 Å². The Morgan fingerprint density at radius 1 is 1.00 bits per heavy atom. The zero-order valence-corrected chi connectivity index (χ0v) is 22.3. The number of Topliss-reactive ketones (excluding diaryl/α,β-unsaturated/α-hetero) is 1. The molecule has 1 saturated heterocycles. The molecule has 2 aliphatic heterocycles. The molecule has 0 bridgehead atoms. The van der Waals surface area contributed by atoms with Crippen molar-refractivity contribution in [3.63, 3.8) is 0 Å². The van der Waals surface area contributed by atoms with Gasteiger partial charge < -0.3 is 15.5 Å². The smallest absolute Gasteiger partial charge is 0.241 e. The van der Waals surface area contributed by atoms with Gasteiger partial charge in [0, 0.05) is 49.8 Å². The fourth-order valence-corrected chi connectivity index (χ4v) is 5.47. The zero-order valence-electron chi connectivity index (χ0n) is 21.4. The molecule has 0 aliphatic carbocycles. The van der Waals surface area contributed by atoms with E-state index in [0.29, 0.717) is 43.5 Å². The lowest BCUT2D eigenvalue weighted by atomic mass is 9.96. The van der Waals surface area contributed by atoms with Crippen molar-refractivity contribution in [2.24, 2.45) is 4.99 Å². The van der Waals surface area contributed by atoms with Crippen LogP contribution < -0.4 is 15.5 Å². The number of hydrogen-bond acceptors (Lipinski definition) is 9. The Kier molecular flexibility index (Phi) is 7.66. The van der Waals surface area contributed by atoms with Crippen LogP contribution in [-0.2, 0) is 26.0 Å². The van der Waals surface area contributed by atoms with Crippen LogP contribution in [0.3, 0.4) is 0 Å². The number of piperazine rings is 1. The normalized spacial score (nSPS) is 18.1. The number of sulfonamides is 1. The minimum absolute atomic E-state index is 0.120. The van der Waals surface area contributed by atoms with Crippen molar-refractivity contribution in [3.8, 4) is 0 Å². The molecule has 12 heteroatoms. The first kappa shape index (κ1) is 26.4. The Balaban J connectivity index is 1.25. The molecule has 0 spiro atoms. The Bertz CT molecular complexity index is 1500. The van der Waals surface area contributed by atoms with E-state index in [1.807, 2.05) is 59.5 Å². The maximum atomic E-state index is 13.1. The Labute approximate surface area is 227 Å². The third-order valence-corrected chi connectivity index (χ3v) is 7.96.